The average Bonchev–Trinajstić information content (AvgIpc) is 3.37. The van der Waals surface area contributed by atoms with Gasteiger partial charge in [-0.3, -0.25) is 14.4 Å². The lowest BCUT2D eigenvalue weighted by Crippen LogP contribution is -2.61. The second-order valence-electron chi connectivity index (χ2n) is 21.0. The van der Waals surface area contributed by atoms with Gasteiger partial charge >= 0.3 is 23.9 Å². The van der Waals surface area contributed by atoms with Crippen molar-refractivity contribution in [2.45, 2.75) is 327 Å². The third kappa shape index (κ3) is 40.2. The smallest absolute Gasteiger partial charge is 0.335 e. The molecule has 0 aromatic carbocycles. The van der Waals surface area contributed by atoms with E-state index in [2.05, 4.69) is 45.1 Å². The van der Waals surface area contributed by atoms with Crippen LogP contribution in [0.25, 0.3) is 0 Å². The van der Waals surface area contributed by atoms with Gasteiger partial charge in [0, 0.05) is 19.3 Å². The zero-order valence-electron chi connectivity index (χ0n) is 46.9. The summed E-state index contributed by atoms with van der Waals surface area (Å²) in [6, 6.07) is 0. The molecular weight excluding hydrogens is 925 g/mol. The molecule has 0 radical (unpaired) electrons. The van der Waals surface area contributed by atoms with Gasteiger partial charge in [-0.2, -0.15) is 0 Å². The molecule has 73 heavy (non-hydrogen) atoms. The van der Waals surface area contributed by atoms with Crippen molar-refractivity contribution in [3.63, 3.8) is 0 Å². The van der Waals surface area contributed by atoms with Crippen LogP contribution in [0.3, 0.4) is 0 Å². The Balaban J connectivity index is 2.67. The van der Waals surface area contributed by atoms with Crippen LogP contribution < -0.4 is 0 Å². The van der Waals surface area contributed by atoms with Crippen molar-refractivity contribution >= 4 is 23.9 Å². The molecule has 426 valence electrons. The highest BCUT2D eigenvalue weighted by Crippen LogP contribution is 2.27. The summed E-state index contributed by atoms with van der Waals surface area (Å²) in [5, 5.41) is 31.5. The van der Waals surface area contributed by atoms with E-state index in [0.717, 1.165) is 89.9 Å². The van der Waals surface area contributed by atoms with E-state index in [1.54, 1.807) is 0 Å². The molecule has 1 aliphatic rings. The zero-order valence-corrected chi connectivity index (χ0v) is 46.9. The molecule has 1 rings (SSSR count). The standard InChI is InChI=1S/C61H110O12/c1-4-7-10-13-16-19-22-25-26-27-28-31-32-35-38-41-44-47-53(62)69-50-52(71-54(63)48-45-42-39-36-33-29-23-20-17-14-11-8-5-2)51-70-61-59(57(66)56(65)58(73-61)60(67)68)72-55(64)49-46-43-40-37-34-30-24-21-18-15-12-9-6-3/h20,23,25-26,52,56-59,61,65-66H,4-19,21-22,24,27-51H2,1-3H3,(H,67,68)/b23-20-,26-25-. The Morgan fingerprint density at radius 3 is 1.18 bits per heavy atom. The third-order valence-corrected chi connectivity index (χ3v) is 14.0. The SMILES string of the molecule is CCCCCC/C=C\CCCCCCCC(=O)OC(COC(=O)CCCCCCCCC/C=C\CCCCCCCC)COC1OC(C(=O)O)C(O)C(O)C1OC(=O)CCCCCCCCCCCCCCC. The Morgan fingerprint density at radius 1 is 0.438 bits per heavy atom. The van der Waals surface area contributed by atoms with Crippen LogP contribution in [0.5, 0.6) is 0 Å². The topological polar surface area (TPSA) is 175 Å². The predicted octanol–water partition coefficient (Wildman–Crippen LogP) is 15.5. The molecule has 0 bridgehead atoms. The number of carbonyl (C=O) groups is 4. The summed E-state index contributed by atoms with van der Waals surface area (Å²) in [6.07, 6.45) is 44.3. The molecule has 1 aliphatic heterocycles. The molecule has 1 heterocycles. The Kier molecular flexibility index (Phi) is 46.8. The maximum atomic E-state index is 13.1. The van der Waals surface area contributed by atoms with Gasteiger partial charge in [-0.15, -0.1) is 0 Å². The molecule has 0 aliphatic carbocycles. The number of aliphatic hydroxyl groups is 2. The van der Waals surface area contributed by atoms with Crippen molar-refractivity contribution in [1.82, 2.24) is 0 Å². The first-order valence-electron chi connectivity index (χ1n) is 30.3. The highest BCUT2D eigenvalue weighted by molar-refractivity contribution is 5.74. The number of rotatable bonds is 52. The maximum Gasteiger partial charge on any atom is 0.335 e. The molecule has 0 amide bonds. The van der Waals surface area contributed by atoms with E-state index < -0.39 is 67.3 Å². The molecule has 12 nitrogen and oxygen atoms in total. The number of hydrogen-bond donors (Lipinski definition) is 3. The van der Waals surface area contributed by atoms with Crippen LogP contribution in [-0.4, -0.2) is 89.2 Å². The number of carboxylic acids is 1. The molecule has 0 aromatic heterocycles. The number of unbranched alkanes of at least 4 members (excludes halogenated alkanes) is 34. The lowest BCUT2D eigenvalue weighted by molar-refractivity contribution is -0.301. The number of allylic oxidation sites excluding steroid dienone is 4. The number of aliphatic hydroxyl groups excluding tert-OH is 2. The van der Waals surface area contributed by atoms with Crippen LogP contribution in [-0.2, 0) is 42.9 Å². The molecule has 3 N–H and O–H groups in total. The number of carbonyl (C=O) groups excluding carboxylic acids is 3. The number of hydrogen-bond acceptors (Lipinski definition) is 11. The van der Waals surface area contributed by atoms with Gasteiger partial charge in [0.2, 0.25) is 0 Å². The van der Waals surface area contributed by atoms with Gasteiger partial charge in [-0.05, 0) is 70.6 Å². The number of ether oxygens (including phenoxy) is 5. The molecular formula is C61H110O12. The Labute approximate surface area is 445 Å². The van der Waals surface area contributed by atoms with Gasteiger partial charge in [-0.25, -0.2) is 4.79 Å². The van der Waals surface area contributed by atoms with Gasteiger partial charge in [0.25, 0.3) is 0 Å². The van der Waals surface area contributed by atoms with E-state index in [0.29, 0.717) is 19.3 Å². The fourth-order valence-corrected chi connectivity index (χ4v) is 9.30. The lowest BCUT2D eigenvalue weighted by Gasteiger charge is -2.40. The molecule has 1 saturated heterocycles. The Bertz CT molecular complexity index is 1370. The summed E-state index contributed by atoms with van der Waals surface area (Å²) >= 11 is 0. The third-order valence-electron chi connectivity index (χ3n) is 14.0. The first-order valence-corrected chi connectivity index (χ1v) is 30.3. The van der Waals surface area contributed by atoms with E-state index >= 15 is 0 Å². The summed E-state index contributed by atoms with van der Waals surface area (Å²) in [5.41, 5.74) is 0. The summed E-state index contributed by atoms with van der Waals surface area (Å²) < 4.78 is 28.4. The summed E-state index contributed by atoms with van der Waals surface area (Å²) in [5.74, 6) is -3.11. The van der Waals surface area contributed by atoms with E-state index in [4.69, 9.17) is 23.7 Å². The van der Waals surface area contributed by atoms with Crippen LogP contribution in [0.2, 0.25) is 0 Å². The normalized spacial score (nSPS) is 18.4. The van der Waals surface area contributed by atoms with Gasteiger partial charge in [0.15, 0.2) is 24.6 Å². The minimum atomic E-state index is -1.90. The van der Waals surface area contributed by atoms with Gasteiger partial charge in [-0.1, -0.05) is 225 Å². The summed E-state index contributed by atoms with van der Waals surface area (Å²) in [6.45, 7) is 5.98. The zero-order chi connectivity index (χ0) is 53.3. The fraction of sp³-hybridized carbons (Fsp3) is 0.869. The molecule has 0 saturated carbocycles. The van der Waals surface area contributed by atoms with Crippen molar-refractivity contribution in [3.8, 4) is 0 Å². The summed E-state index contributed by atoms with van der Waals surface area (Å²) in [4.78, 5) is 51.1. The van der Waals surface area contributed by atoms with E-state index in [-0.39, 0.29) is 25.9 Å². The second-order valence-corrected chi connectivity index (χ2v) is 21.0. The molecule has 12 heteroatoms. The van der Waals surface area contributed by atoms with Crippen LogP contribution in [0.1, 0.15) is 290 Å². The van der Waals surface area contributed by atoms with E-state index in [1.807, 2.05) is 0 Å². The second kappa shape index (κ2) is 50.0. The first kappa shape index (κ1) is 68.2. The van der Waals surface area contributed by atoms with Crippen molar-refractivity contribution in [1.29, 1.82) is 0 Å². The highest BCUT2D eigenvalue weighted by atomic mass is 16.7. The molecule has 6 atom stereocenters. The van der Waals surface area contributed by atoms with Crippen molar-refractivity contribution in [2.75, 3.05) is 13.2 Å². The molecule has 0 aromatic rings. The van der Waals surface area contributed by atoms with Gasteiger partial charge in [0.1, 0.15) is 18.8 Å². The van der Waals surface area contributed by atoms with Gasteiger partial charge < -0.3 is 39.0 Å². The van der Waals surface area contributed by atoms with Crippen LogP contribution in [0, 0.1) is 0 Å². The van der Waals surface area contributed by atoms with E-state index in [1.165, 1.54) is 141 Å². The molecule has 1 fully saturated rings. The Morgan fingerprint density at radius 2 is 0.781 bits per heavy atom. The first-order chi connectivity index (χ1) is 35.6. The largest absolute Gasteiger partial charge is 0.479 e. The monoisotopic (exact) mass is 1030 g/mol. The minimum Gasteiger partial charge on any atom is -0.479 e. The molecule has 0 spiro atoms. The number of aliphatic carboxylic acids is 1. The fourth-order valence-electron chi connectivity index (χ4n) is 9.30. The highest BCUT2D eigenvalue weighted by Gasteiger charge is 2.50. The van der Waals surface area contributed by atoms with Gasteiger partial charge in [0.05, 0.1) is 6.61 Å². The van der Waals surface area contributed by atoms with Crippen molar-refractivity contribution in [3.05, 3.63) is 24.3 Å². The van der Waals surface area contributed by atoms with Crippen molar-refractivity contribution in [2.24, 2.45) is 0 Å². The van der Waals surface area contributed by atoms with Crippen LogP contribution in [0.15, 0.2) is 24.3 Å². The lowest BCUT2D eigenvalue weighted by atomic mass is 9.98. The Hall–Kier alpha value is -2.80. The quantitative estimate of drug-likeness (QED) is 0.0228. The van der Waals surface area contributed by atoms with E-state index in [9.17, 15) is 34.5 Å². The summed E-state index contributed by atoms with van der Waals surface area (Å²) in [7, 11) is 0. The average molecular weight is 1040 g/mol. The number of esters is 3. The molecule has 6 unspecified atom stereocenters. The van der Waals surface area contributed by atoms with Crippen LogP contribution >= 0.6 is 0 Å². The van der Waals surface area contributed by atoms with Crippen LogP contribution in [0.4, 0.5) is 0 Å². The predicted molar refractivity (Wildman–Crippen MR) is 294 cm³/mol. The maximum absolute atomic E-state index is 13.1. The van der Waals surface area contributed by atoms with Crippen molar-refractivity contribution < 1.29 is 58.2 Å². The minimum absolute atomic E-state index is 0.0653. The number of carboxylic acid groups (broad SMARTS) is 1.